The lowest BCUT2D eigenvalue weighted by Gasteiger charge is -2.13. The van der Waals surface area contributed by atoms with Crippen LogP contribution in [0.15, 0.2) is 52.2 Å². The molecule has 1 atom stereocenters. The van der Waals surface area contributed by atoms with Gasteiger partial charge in [0.15, 0.2) is 10.9 Å². The molecule has 2 aromatic heterocycles. The number of para-hydroxylation sites is 1. The van der Waals surface area contributed by atoms with Crippen LogP contribution in [0, 0.1) is 0 Å². The first-order valence-electron chi connectivity index (χ1n) is 8.84. The van der Waals surface area contributed by atoms with E-state index >= 15 is 0 Å². The molecule has 3 heterocycles. The minimum Gasteiger partial charge on any atom is -0.461 e. The van der Waals surface area contributed by atoms with Crippen LogP contribution in [0.3, 0.4) is 0 Å². The molecular formula is C19H18N4O2S. The Balaban J connectivity index is 1.43. The van der Waals surface area contributed by atoms with Crippen molar-refractivity contribution >= 4 is 23.4 Å². The molecule has 26 heavy (non-hydrogen) atoms. The lowest BCUT2D eigenvalue weighted by atomic mass is 10.1. The molecule has 0 saturated heterocycles. The van der Waals surface area contributed by atoms with E-state index in [1.54, 1.807) is 6.26 Å². The van der Waals surface area contributed by atoms with E-state index in [9.17, 15) is 4.79 Å². The van der Waals surface area contributed by atoms with Crippen molar-refractivity contribution in [2.45, 2.75) is 42.1 Å². The van der Waals surface area contributed by atoms with Gasteiger partial charge in [-0.1, -0.05) is 30.0 Å². The van der Waals surface area contributed by atoms with Gasteiger partial charge in [0, 0.05) is 11.7 Å². The number of nitrogens with zero attached hydrogens (tertiary/aromatic N) is 3. The van der Waals surface area contributed by atoms with Crippen molar-refractivity contribution in [2.75, 3.05) is 5.32 Å². The Hall–Kier alpha value is -2.54. The van der Waals surface area contributed by atoms with Gasteiger partial charge < -0.3 is 9.73 Å². The van der Waals surface area contributed by atoms with Crippen molar-refractivity contribution in [1.29, 1.82) is 0 Å². The second-order valence-corrected chi connectivity index (χ2v) is 7.85. The van der Waals surface area contributed by atoms with Crippen molar-refractivity contribution in [1.82, 2.24) is 14.8 Å². The molecule has 1 amide bonds. The maximum Gasteiger partial charge on any atom is 0.237 e. The van der Waals surface area contributed by atoms with Crippen molar-refractivity contribution in [3.63, 3.8) is 0 Å². The Morgan fingerprint density at radius 2 is 2.00 bits per heavy atom. The van der Waals surface area contributed by atoms with Gasteiger partial charge >= 0.3 is 0 Å². The summed E-state index contributed by atoms with van der Waals surface area (Å²) >= 11 is 1.51. The van der Waals surface area contributed by atoms with Crippen molar-refractivity contribution in [3.8, 4) is 11.6 Å². The average Bonchev–Trinajstić information content (AvgIpc) is 3.22. The molecule has 3 aromatic rings. The maximum atomic E-state index is 12.7. The number of carbonyl (C=O) groups is 1. The van der Waals surface area contributed by atoms with Gasteiger partial charge in [-0.2, -0.15) is 0 Å². The van der Waals surface area contributed by atoms with E-state index < -0.39 is 0 Å². The first kappa shape index (κ1) is 15.7. The second kappa shape index (κ2) is 6.32. The number of furan rings is 1. The normalized spacial score (nSPS) is 19.7. The Bertz CT molecular complexity index is 946. The third kappa shape index (κ3) is 2.82. The molecule has 1 aliphatic heterocycles. The lowest BCUT2D eigenvalue weighted by molar-refractivity contribution is -0.115. The van der Waals surface area contributed by atoms with E-state index in [1.807, 2.05) is 30.3 Å². The Kier molecular flexibility index (Phi) is 3.81. The third-order valence-electron chi connectivity index (χ3n) is 4.81. The molecule has 0 bridgehead atoms. The van der Waals surface area contributed by atoms with Crippen LogP contribution in [0.1, 0.15) is 30.9 Å². The van der Waals surface area contributed by atoms with Crippen molar-refractivity contribution in [2.24, 2.45) is 0 Å². The number of thioether (sulfide) groups is 1. The SMILES string of the molecule is O=C1Nc2ccccc2CC[C@@H]1Sc1nnc(-c2ccco2)n1C1CC1. The summed E-state index contributed by atoms with van der Waals surface area (Å²) in [6, 6.07) is 12.1. The van der Waals surface area contributed by atoms with Crippen LogP contribution in [0.5, 0.6) is 0 Å². The summed E-state index contributed by atoms with van der Waals surface area (Å²) in [4.78, 5) is 12.7. The van der Waals surface area contributed by atoms with Crippen LogP contribution in [0.2, 0.25) is 0 Å². The van der Waals surface area contributed by atoms with Crippen LogP contribution >= 0.6 is 11.8 Å². The number of anilines is 1. The van der Waals surface area contributed by atoms with E-state index in [0.29, 0.717) is 11.8 Å². The quantitative estimate of drug-likeness (QED) is 0.758. The summed E-state index contributed by atoms with van der Waals surface area (Å²) in [6.07, 6.45) is 5.52. The predicted molar refractivity (Wildman–Crippen MR) is 99.0 cm³/mol. The summed E-state index contributed by atoms with van der Waals surface area (Å²) in [5, 5.41) is 12.4. The fourth-order valence-electron chi connectivity index (χ4n) is 3.32. The summed E-state index contributed by atoms with van der Waals surface area (Å²) < 4.78 is 7.65. The Morgan fingerprint density at radius 1 is 1.12 bits per heavy atom. The highest BCUT2D eigenvalue weighted by Crippen LogP contribution is 2.42. The summed E-state index contributed by atoms with van der Waals surface area (Å²) in [6.45, 7) is 0. The lowest BCUT2D eigenvalue weighted by Crippen LogP contribution is -2.24. The second-order valence-electron chi connectivity index (χ2n) is 6.68. The fourth-order valence-corrected chi connectivity index (χ4v) is 4.42. The highest BCUT2D eigenvalue weighted by Gasteiger charge is 2.33. The number of aryl methyl sites for hydroxylation is 1. The van der Waals surface area contributed by atoms with Gasteiger partial charge in [-0.05, 0) is 49.4 Å². The number of benzene rings is 1. The number of hydrogen-bond acceptors (Lipinski definition) is 5. The average molecular weight is 366 g/mol. The zero-order valence-electron chi connectivity index (χ0n) is 14.1. The smallest absolute Gasteiger partial charge is 0.237 e. The van der Waals surface area contributed by atoms with E-state index in [1.165, 1.54) is 17.3 Å². The molecule has 6 nitrogen and oxygen atoms in total. The molecule has 1 aliphatic carbocycles. The summed E-state index contributed by atoms with van der Waals surface area (Å²) in [5.74, 6) is 1.50. The molecule has 0 radical (unpaired) electrons. The van der Waals surface area contributed by atoms with E-state index in [-0.39, 0.29) is 11.2 Å². The minimum absolute atomic E-state index is 0.0323. The predicted octanol–water partition coefficient (Wildman–Crippen LogP) is 3.92. The number of carbonyl (C=O) groups excluding carboxylic acids is 1. The van der Waals surface area contributed by atoms with E-state index in [0.717, 1.165) is 42.4 Å². The third-order valence-corrected chi connectivity index (χ3v) is 6.03. The van der Waals surface area contributed by atoms with Crippen LogP contribution in [0.25, 0.3) is 11.6 Å². The molecule has 1 saturated carbocycles. The maximum absolute atomic E-state index is 12.7. The number of fused-ring (bicyclic) bond motifs is 1. The van der Waals surface area contributed by atoms with Gasteiger partial charge in [0.05, 0.1) is 11.5 Å². The fraction of sp³-hybridized carbons (Fsp3) is 0.316. The Morgan fingerprint density at radius 3 is 2.81 bits per heavy atom. The van der Waals surface area contributed by atoms with Crippen LogP contribution in [-0.4, -0.2) is 25.9 Å². The molecule has 1 N–H and O–H groups in total. The zero-order chi connectivity index (χ0) is 17.5. The molecule has 7 heteroatoms. The highest BCUT2D eigenvalue weighted by atomic mass is 32.2. The van der Waals surface area contributed by atoms with Gasteiger partial charge in [-0.15, -0.1) is 10.2 Å². The van der Waals surface area contributed by atoms with Crippen LogP contribution in [0.4, 0.5) is 5.69 Å². The minimum atomic E-state index is -0.187. The number of hydrogen-bond donors (Lipinski definition) is 1. The van der Waals surface area contributed by atoms with Crippen molar-refractivity contribution < 1.29 is 9.21 Å². The molecule has 132 valence electrons. The van der Waals surface area contributed by atoms with Gasteiger partial charge in [-0.25, -0.2) is 0 Å². The van der Waals surface area contributed by atoms with Gasteiger partial charge in [0.2, 0.25) is 11.7 Å². The molecule has 5 rings (SSSR count). The zero-order valence-corrected chi connectivity index (χ0v) is 14.9. The molecule has 1 aromatic carbocycles. The first-order chi connectivity index (χ1) is 12.8. The number of amides is 1. The molecule has 2 aliphatic rings. The van der Waals surface area contributed by atoms with Gasteiger partial charge in [0.25, 0.3) is 0 Å². The van der Waals surface area contributed by atoms with Gasteiger partial charge in [-0.3, -0.25) is 9.36 Å². The topological polar surface area (TPSA) is 73.0 Å². The number of nitrogens with one attached hydrogen (secondary N) is 1. The molecule has 1 fully saturated rings. The highest BCUT2D eigenvalue weighted by molar-refractivity contribution is 8.00. The first-order valence-corrected chi connectivity index (χ1v) is 9.72. The largest absolute Gasteiger partial charge is 0.461 e. The summed E-state index contributed by atoms with van der Waals surface area (Å²) in [5.41, 5.74) is 2.10. The van der Waals surface area contributed by atoms with Crippen LogP contribution < -0.4 is 5.32 Å². The van der Waals surface area contributed by atoms with Gasteiger partial charge in [0.1, 0.15) is 0 Å². The van der Waals surface area contributed by atoms with Crippen molar-refractivity contribution in [3.05, 3.63) is 48.2 Å². The number of rotatable bonds is 4. The molecular weight excluding hydrogens is 348 g/mol. The number of aromatic nitrogens is 3. The van der Waals surface area contributed by atoms with Crippen LogP contribution in [-0.2, 0) is 11.2 Å². The standard InChI is InChI=1S/C19H18N4O2S/c24-18-16(10-7-12-4-1-2-5-14(12)20-18)26-19-22-21-17(15-6-3-11-25-15)23(19)13-8-9-13/h1-6,11,13,16H,7-10H2,(H,20,24)/t16-/m0/s1. The monoisotopic (exact) mass is 366 g/mol. The van der Waals surface area contributed by atoms with E-state index in [4.69, 9.17) is 4.42 Å². The van der Waals surface area contributed by atoms with E-state index in [2.05, 4.69) is 26.1 Å². The molecule has 0 spiro atoms. The Labute approximate surface area is 155 Å². The molecule has 0 unspecified atom stereocenters. The summed E-state index contributed by atoms with van der Waals surface area (Å²) in [7, 11) is 0.